The highest BCUT2D eigenvalue weighted by Gasteiger charge is 2.31. The molecule has 168 valence electrons. The number of carbonyl (C=O) groups is 2. The van der Waals surface area contributed by atoms with E-state index < -0.39 is 24.1 Å². The number of aromatic nitrogens is 1. The van der Waals surface area contributed by atoms with Gasteiger partial charge in [0, 0.05) is 25.1 Å². The molecule has 0 radical (unpaired) electrons. The van der Waals surface area contributed by atoms with Crippen molar-refractivity contribution in [2.45, 2.75) is 24.9 Å². The lowest BCUT2D eigenvalue weighted by Crippen LogP contribution is -2.38. The largest absolute Gasteiger partial charge is 0.416 e. The van der Waals surface area contributed by atoms with Crippen LogP contribution in [0, 0.1) is 0 Å². The fraction of sp³-hybridized carbons (Fsp3) is 0.292. The number of likely N-dealkylation sites (tertiary alicyclic amines) is 1. The quantitative estimate of drug-likeness (QED) is 0.682. The Morgan fingerprint density at radius 2 is 1.72 bits per heavy atom. The first-order chi connectivity index (χ1) is 15.3. The van der Waals surface area contributed by atoms with Gasteiger partial charge in [0.25, 0.3) is 0 Å². The predicted molar refractivity (Wildman–Crippen MR) is 114 cm³/mol. The van der Waals surface area contributed by atoms with Gasteiger partial charge in [0.15, 0.2) is 5.78 Å². The molecule has 1 saturated heterocycles. The molecule has 32 heavy (non-hydrogen) atoms. The van der Waals surface area contributed by atoms with Gasteiger partial charge < -0.3 is 10.0 Å². The average Bonchev–Trinajstić information content (AvgIpc) is 2.81. The average molecular weight is 444 g/mol. The molecule has 3 rings (SSSR count). The van der Waals surface area contributed by atoms with Crippen LogP contribution in [0.5, 0.6) is 0 Å². The summed E-state index contributed by atoms with van der Waals surface area (Å²) in [6, 6.07) is 10.3. The number of nitrogens with zero attached hydrogens (tertiary/aromatic N) is 2. The van der Waals surface area contributed by atoms with Crippen molar-refractivity contribution < 1.29 is 27.9 Å². The fourth-order valence-electron chi connectivity index (χ4n) is 3.54. The molecule has 0 bridgehead atoms. The molecule has 1 atom stereocenters. The van der Waals surface area contributed by atoms with Gasteiger partial charge in [-0.05, 0) is 60.9 Å². The Bertz CT molecular complexity index is 1010. The molecule has 2 aromatic rings. The van der Waals surface area contributed by atoms with Gasteiger partial charge in [0.05, 0.1) is 17.0 Å². The van der Waals surface area contributed by atoms with Crippen molar-refractivity contribution in [3.8, 4) is 0 Å². The van der Waals surface area contributed by atoms with Crippen molar-refractivity contribution in [1.29, 1.82) is 0 Å². The van der Waals surface area contributed by atoms with E-state index in [4.69, 9.17) is 5.11 Å². The Hall–Kier alpha value is -3.26. The molecule has 1 aliphatic rings. The monoisotopic (exact) mass is 444 g/mol. The van der Waals surface area contributed by atoms with Crippen molar-refractivity contribution >= 4 is 23.8 Å². The Morgan fingerprint density at radius 1 is 1.06 bits per heavy atom. The van der Waals surface area contributed by atoms with Crippen molar-refractivity contribution in [2.75, 3.05) is 19.7 Å². The van der Waals surface area contributed by atoms with E-state index in [2.05, 4.69) is 4.98 Å². The minimum atomic E-state index is -4.37. The molecule has 1 aromatic carbocycles. The molecular formula is C24H23F3N2O3. The zero-order valence-corrected chi connectivity index (χ0v) is 17.3. The zero-order chi connectivity index (χ0) is 23.1. The summed E-state index contributed by atoms with van der Waals surface area (Å²) in [4.78, 5) is 29.8. The number of benzene rings is 1. The van der Waals surface area contributed by atoms with Crippen LogP contribution in [0.4, 0.5) is 13.2 Å². The molecule has 1 fully saturated rings. The van der Waals surface area contributed by atoms with Crippen molar-refractivity contribution in [3.63, 3.8) is 0 Å². The topological polar surface area (TPSA) is 70.5 Å². The van der Waals surface area contributed by atoms with Gasteiger partial charge >= 0.3 is 6.18 Å². The maximum Gasteiger partial charge on any atom is 0.416 e. The summed E-state index contributed by atoms with van der Waals surface area (Å²) in [5.41, 5.74) is 1.16. The molecule has 0 aliphatic carbocycles. The molecule has 5 nitrogen and oxygen atoms in total. The highest BCUT2D eigenvalue weighted by Crippen LogP contribution is 2.32. The van der Waals surface area contributed by atoms with Gasteiger partial charge in [0.1, 0.15) is 6.61 Å². The van der Waals surface area contributed by atoms with E-state index in [0.29, 0.717) is 24.5 Å². The number of ketones is 1. The molecule has 0 saturated carbocycles. The lowest BCUT2D eigenvalue weighted by Gasteiger charge is -2.32. The van der Waals surface area contributed by atoms with E-state index in [9.17, 15) is 22.8 Å². The zero-order valence-electron chi connectivity index (χ0n) is 17.3. The van der Waals surface area contributed by atoms with Crippen LogP contribution in [-0.4, -0.2) is 46.4 Å². The highest BCUT2D eigenvalue weighted by molar-refractivity contribution is 5.94. The first-order valence-corrected chi connectivity index (χ1v) is 10.2. The van der Waals surface area contributed by atoms with Crippen LogP contribution in [-0.2, 0) is 15.8 Å². The lowest BCUT2D eigenvalue weighted by molar-refractivity contribution is -0.137. The number of aliphatic hydroxyl groups is 1. The van der Waals surface area contributed by atoms with Gasteiger partial charge in [-0.15, -0.1) is 0 Å². The van der Waals surface area contributed by atoms with Gasteiger partial charge in [-0.25, -0.2) is 4.98 Å². The minimum Gasteiger partial charge on any atom is -0.388 e. The van der Waals surface area contributed by atoms with Gasteiger partial charge in [-0.1, -0.05) is 18.2 Å². The Labute approximate surface area is 183 Å². The summed E-state index contributed by atoms with van der Waals surface area (Å²) in [5, 5.41) is 8.75. The number of piperidine rings is 1. The number of aliphatic hydroxyl groups excluding tert-OH is 1. The van der Waals surface area contributed by atoms with Gasteiger partial charge in [-0.3, -0.25) is 9.59 Å². The number of pyridine rings is 1. The second-order valence-electron chi connectivity index (χ2n) is 7.52. The second-order valence-corrected chi connectivity index (χ2v) is 7.52. The third kappa shape index (κ3) is 6.37. The summed E-state index contributed by atoms with van der Waals surface area (Å²) in [6.07, 6.45) is 2.92. The van der Waals surface area contributed by atoms with E-state index in [1.54, 1.807) is 29.2 Å². The SMILES string of the molecule is O=C(/C=C/c1cccc(/C=C/C(=O)N2CCCC(c3ccc(C(F)(F)F)cc3)C2)n1)CO. The minimum absolute atomic E-state index is 0.0148. The molecule has 0 spiro atoms. The Balaban J connectivity index is 1.63. The van der Waals surface area contributed by atoms with Crippen LogP contribution in [0.1, 0.15) is 41.3 Å². The first kappa shape index (κ1) is 23.4. The Morgan fingerprint density at radius 3 is 2.34 bits per heavy atom. The van der Waals surface area contributed by atoms with Crippen molar-refractivity contribution in [3.05, 3.63) is 77.1 Å². The number of halogens is 3. The number of alkyl halides is 3. The number of rotatable bonds is 6. The summed E-state index contributed by atoms with van der Waals surface area (Å²) < 4.78 is 38.3. The third-order valence-electron chi connectivity index (χ3n) is 5.23. The van der Waals surface area contributed by atoms with Crippen LogP contribution in [0.15, 0.2) is 54.6 Å². The van der Waals surface area contributed by atoms with Crippen molar-refractivity contribution in [2.24, 2.45) is 0 Å². The Kier molecular flexibility index (Phi) is 7.58. The van der Waals surface area contributed by atoms with Crippen LogP contribution in [0.25, 0.3) is 12.2 Å². The molecule has 2 heterocycles. The fourth-order valence-corrected chi connectivity index (χ4v) is 3.54. The number of hydrogen-bond acceptors (Lipinski definition) is 4. The normalized spacial score (nSPS) is 17.2. The molecular weight excluding hydrogens is 421 g/mol. The van der Waals surface area contributed by atoms with Gasteiger partial charge in [0.2, 0.25) is 5.91 Å². The summed E-state index contributed by atoms with van der Waals surface area (Å²) >= 11 is 0. The van der Waals surface area contributed by atoms with E-state index >= 15 is 0 Å². The third-order valence-corrected chi connectivity index (χ3v) is 5.23. The van der Waals surface area contributed by atoms with Gasteiger partial charge in [-0.2, -0.15) is 13.2 Å². The van der Waals surface area contributed by atoms with Crippen LogP contribution < -0.4 is 0 Å². The number of amides is 1. The van der Waals surface area contributed by atoms with Crippen molar-refractivity contribution in [1.82, 2.24) is 9.88 Å². The molecule has 8 heteroatoms. The molecule has 1 N–H and O–H groups in total. The summed E-state index contributed by atoms with van der Waals surface area (Å²) in [7, 11) is 0. The standard InChI is InChI=1S/C24H23F3N2O3/c25-24(26,27)19-8-6-17(7-9-19)18-3-2-14-29(15-18)23(32)13-11-21-5-1-4-20(28-21)10-12-22(31)16-30/h1,4-13,18,30H,2-3,14-16H2/b12-10+,13-11+. The maximum absolute atomic E-state index is 12.8. The smallest absolute Gasteiger partial charge is 0.388 e. The van der Waals surface area contributed by atoms with Crippen LogP contribution in [0.3, 0.4) is 0 Å². The van der Waals surface area contributed by atoms with E-state index in [0.717, 1.165) is 30.5 Å². The second kappa shape index (κ2) is 10.4. The molecule has 1 unspecified atom stereocenters. The number of carbonyl (C=O) groups excluding carboxylic acids is 2. The summed E-state index contributed by atoms with van der Waals surface area (Å²) in [6.45, 7) is 0.446. The van der Waals surface area contributed by atoms with Crippen LogP contribution >= 0.6 is 0 Å². The predicted octanol–water partition coefficient (Wildman–Crippen LogP) is 4.09. The van der Waals surface area contributed by atoms with E-state index in [1.807, 2.05) is 0 Å². The maximum atomic E-state index is 12.8. The summed E-state index contributed by atoms with van der Waals surface area (Å²) in [5.74, 6) is -0.644. The molecule has 1 aliphatic heterocycles. The lowest BCUT2D eigenvalue weighted by atomic mass is 9.90. The van der Waals surface area contributed by atoms with E-state index in [-0.39, 0.29) is 11.8 Å². The van der Waals surface area contributed by atoms with Crippen LogP contribution in [0.2, 0.25) is 0 Å². The van der Waals surface area contributed by atoms with E-state index in [1.165, 1.54) is 30.4 Å². The number of hydrogen-bond donors (Lipinski definition) is 1. The highest BCUT2D eigenvalue weighted by atomic mass is 19.4. The first-order valence-electron chi connectivity index (χ1n) is 10.2. The molecule has 1 aromatic heterocycles. The molecule has 1 amide bonds.